The van der Waals surface area contributed by atoms with Crippen LogP contribution in [0.15, 0.2) is 31.3 Å². The van der Waals surface area contributed by atoms with Crippen LogP contribution in [0.2, 0.25) is 0 Å². The number of nitrogens with one attached hydrogen (secondary N) is 3. The molecule has 0 radical (unpaired) electrons. The van der Waals surface area contributed by atoms with Gasteiger partial charge >= 0.3 is 5.69 Å². The minimum Gasteiger partial charge on any atom is -0.503 e. The lowest BCUT2D eigenvalue weighted by molar-refractivity contribution is -0.120. The zero-order valence-electron chi connectivity index (χ0n) is 12.3. The summed E-state index contributed by atoms with van der Waals surface area (Å²) in [5.74, 6) is -0.413. The van der Waals surface area contributed by atoms with Crippen LogP contribution >= 0.6 is 15.9 Å². The lowest BCUT2D eigenvalue weighted by Crippen LogP contribution is -2.31. The van der Waals surface area contributed by atoms with Crippen molar-refractivity contribution in [2.45, 2.75) is 6.42 Å². The van der Waals surface area contributed by atoms with E-state index in [-0.39, 0.29) is 23.6 Å². The normalized spacial score (nSPS) is 10.8. The second-order valence-electron chi connectivity index (χ2n) is 4.48. The van der Waals surface area contributed by atoms with Crippen LogP contribution in [0.4, 0.5) is 0 Å². The van der Waals surface area contributed by atoms with Gasteiger partial charge in [-0.2, -0.15) is 10.2 Å². The number of phenolic OH excluding ortho intramolecular Hbond substituents is 1. The average Bonchev–Trinajstić information content (AvgIpc) is 2.53. The Balaban J connectivity index is 2.03. The van der Waals surface area contributed by atoms with E-state index in [0.29, 0.717) is 10.0 Å². The van der Waals surface area contributed by atoms with Gasteiger partial charge in [-0.05, 0) is 33.6 Å². The van der Waals surface area contributed by atoms with Crippen molar-refractivity contribution in [3.05, 3.63) is 48.7 Å². The minimum absolute atomic E-state index is 0.0537. The van der Waals surface area contributed by atoms with Crippen molar-refractivity contribution >= 4 is 28.1 Å². The van der Waals surface area contributed by atoms with Crippen molar-refractivity contribution in [2.24, 2.45) is 5.10 Å². The van der Waals surface area contributed by atoms with E-state index in [1.165, 1.54) is 19.4 Å². The van der Waals surface area contributed by atoms with Crippen LogP contribution in [0.25, 0.3) is 0 Å². The number of aromatic amines is 2. The molecule has 0 aliphatic heterocycles. The number of ether oxygens (including phenoxy) is 1. The molecule has 0 spiro atoms. The van der Waals surface area contributed by atoms with E-state index in [1.807, 2.05) is 10.1 Å². The first kappa shape index (κ1) is 17.4. The first-order valence-electron chi connectivity index (χ1n) is 6.47. The number of phenols is 1. The molecule has 0 saturated carbocycles. The van der Waals surface area contributed by atoms with Crippen LogP contribution in [0.3, 0.4) is 0 Å². The summed E-state index contributed by atoms with van der Waals surface area (Å²) in [6.45, 7) is 0. The zero-order chi connectivity index (χ0) is 17.7. The second kappa shape index (κ2) is 7.55. The maximum absolute atomic E-state index is 11.7. The third kappa shape index (κ3) is 4.29. The van der Waals surface area contributed by atoms with Crippen molar-refractivity contribution in [3.8, 4) is 11.5 Å². The van der Waals surface area contributed by atoms with E-state index >= 15 is 0 Å². The van der Waals surface area contributed by atoms with Crippen molar-refractivity contribution < 1.29 is 14.6 Å². The highest BCUT2D eigenvalue weighted by Crippen LogP contribution is 2.34. The van der Waals surface area contributed by atoms with Gasteiger partial charge in [0, 0.05) is 0 Å². The number of H-pyrrole nitrogens is 2. The van der Waals surface area contributed by atoms with E-state index in [9.17, 15) is 19.5 Å². The molecule has 1 amide bonds. The second-order valence-corrected chi connectivity index (χ2v) is 5.33. The standard InChI is InChI=1S/C13H12BrN5O5/c1-24-9-3-6(2-7(14)11(9)21)5-15-18-10(20)4-8-12(22)16-13(23)19-17-8/h2-3,5,21H,4H2,1H3,(H,18,20)(H2,16,19,22,23)/b15-5-. The monoisotopic (exact) mass is 397 g/mol. The average molecular weight is 398 g/mol. The Bertz CT molecular complexity index is 904. The van der Waals surface area contributed by atoms with Crippen molar-refractivity contribution in [1.82, 2.24) is 20.6 Å². The molecule has 0 unspecified atom stereocenters. The van der Waals surface area contributed by atoms with Gasteiger partial charge < -0.3 is 9.84 Å². The van der Waals surface area contributed by atoms with Crippen LogP contribution in [-0.2, 0) is 11.2 Å². The maximum atomic E-state index is 11.7. The lowest BCUT2D eigenvalue weighted by Gasteiger charge is -2.06. The van der Waals surface area contributed by atoms with Crippen LogP contribution in [0.1, 0.15) is 11.3 Å². The van der Waals surface area contributed by atoms with Gasteiger partial charge in [-0.1, -0.05) is 0 Å². The molecule has 1 aromatic heterocycles. The number of amides is 1. The number of hydrazone groups is 1. The predicted octanol–water partition coefficient (Wildman–Crippen LogP) is -0.372. The Kier molecular flexibility index (Phi) is 5.47. The fourth-order valence-electron chi connectivity index (χ4n) is 1.69. The van der Waals surface area contributed by atoms with Gasteiger partial charge in [0.05, 0.1) is 24.2 Å². The smallest absolute Gasteiger partial charge is 0.342 e. The van der Waals surface area contributed by atoms with Gasteiger partial charge in [0.25, 0.3) is 5.56 Å². The molecule has 126 valence electrons. The summed E-state index contributed by atoms with van der Waals surface area (Å²) in [4.78, 5) is 35.9. The highest BCUT2D eigenvalue weighted by molar-refractivity contribution is 9.10. The molecule has 4 N–H and O–H groups in total. The molecule has 10 nitrogen and oxygen atoms in total. The molecule has 2 rings (SSSR count). The molecule has 0 atom stereocenters. The Labute approximate surface area is 142 Å². The van der Waals surface area contributed by atoms with Gasteiger partial charge in [0.2, 0.25) is 5.91 Å². The van der Waals surface area contributed by atoms with E-state index in [1.54, 1.807) is 6.07 Å². The summed E-state index contributed by atoms with van der Waals surface area (Å²) in [5, 5.41) is 18.9. The molecule has 0 aliphatic rings. The Morgan fingerprint density at radius 1 is 1.50 bits per heavy atom. The number of benzene rings is 1. The highest BCUT2D eigenvalue weighted by atomic mass is 79.9. The fourth-order valence-corrected chi connectivity index (χ4v) is 2.15. The molecule has 11 heteroatoms. The molecular weight excluding hydrogens is 386 g/mol. The number of rotatable bonds is 5. The number of aromatic nitrogens is 3. The maximum Gasteiger partial charge on any atom is 0.342 e. The SMILES string of the molecule is COc1cc(/C=N\NC(=O)Cc2n[nH]c(=O)[nH]c2=O)cc(Br)c1O. The molecule has 1 aromatic carbocycles. The van der Waals surface area contributed by atoms with Crippen molar-refractivity contribution in [2.75, 3.05) is 7.11 Å². The highest BCUT2D eigenvalue weighted by Gasteiger charge is 2.09. The van der Waals surface area contributed by atoms with Crippen molar-refractivity contribution in [3.63, 3.8) is 0 Å². The molecule has 2 aromatic rings. The van der Waals surface area contributed by atoms with Crippen molar-refractivity contribution in [1.29, 1.82) is 0 Å². The Hall–Kier alpha value is -2.95. The van der Waals surface area contributed by atoms with E-state index < -0.39 is 17.2 Å². The minimum atomic E-state index is -0.756. The summed E-state index contributed by atoms with van der Waals surface area (Å²) in [6.07, 6.45) is 0.973. The number of nitrogens with zero attached hydrogens (tertiary/aromatic N) is 2. The number of aromatic hydroxyl groups is 1. The number of carbonyl (C=O) groups is 1. The summed E-state index contributed by atoms with van der Waals surface area (Å²) in [7, 11) is 1.40. The molecule has 0 fully saturated rings. The summed E-state index contributed by atoms with van der Waals surface area (Å²) in [6, 6.07) is 3.09. The van der Waals surface area contributed by atoms with Gasteiger partial charge in [-0.3, -0.25) is 14.6 Å². The van der Waals surface area contributed by atoms with Gasteiger partial charge in [0.1, 0.15) is 5.69 Å². The van der Waals surface area contributed by atoms with Gasteiger partial charge in [-0.15, -0.1) is 0 Å². The number of halogens is 1. The van der Waals surface area contributed by atoms with E-state index in [0.717, 1.165) is 0 Å². The predicted molar refractivity (Wildman–Crippen MR) is 87.3 cm³/mol. The molecular formula is C13H12BrN5O5. The Morgan fingerprint density at radius 3 is 2.92 bits per heavy atom. The molecule has 24 heavy (non-hydrogen) atoms. The fraction of sp³-hybridized carbons (Fsp3) is 0.154. The first-order chi connectivity index (χ1) is 11.4. The molecule has 0 aliphatic carbocycles. The van der Waals surface area contributed by atoms with Crippen LogP contribution < -0.4 is 21.4 Å². The number of carbonyl (C=O) groups excluding carboxylic acids is 1. The third-order valence-corrected chi connectivity index (χ3v) is 3.39. The number of hydrogen-bond donors (Lipinski definition) is 4. The largest absolute Gasteiger partial charge is 0.503 e. The zero-order valence-corrected chi connectivity index (χ0v) is 13.9. The van der Waals surface area contributed by atoms with Crippen LogP contribution in [0, 0.1) is 0 Å². The van der Waals surface area contributed by atoms with Gasteiger partial charge in [-0.25, -0.2) is 15.3 Å². The number of hydrogen-bond acceptors (Lipinski definition) is 7. The molecule has 0 saturated heterocycles. The summed E-state index contributed by atoms with van der Waals surface area (Å²) < 4.78 is 5.39. The Morgan fingerprint density at radius 2 is 2.25 bits per heavy atom. The van der Waals surface area contributed by atoms with Gasteiger partial charge in [0.15, 0.2) is 11.5 Å². The first-order valence-corrected chi connectivity index (χ1v) is 7.26. The third-order valence-electron chi connectivity index (χ3n) is 2.78. The quantitative estimate of drug-likeness (QED) is 0.399. The molecule has 0 bridgehead atoms. The van der Waals surface area contributed by atoms with E-state index in [2.05, 4.69) is 31.6 Å². The lowest BCUT2D eigenvalue weighted by atomic mass is 10.2. The molecule has 1 heterocycles. The summed E-state index contributed by atoms with van der Waals surface area (Å²) in [5.41, 5.74) is 1.13. The topological polar surface area (TPSA) is 150 Å². The number of methoxy groups -OCH3 is 1. The van der Waals surface area contributed by atoms with Crippen LogP contribution in [-0.4, -0.2) is 39.5 Å². The van der Waals surface area contributed by atoms with E-state index in [4.69, 9.17) is 4.74 Å². The van der Waals surface area contributed by atoms with Crippen LogP contribution in [0.5, 0.6) is 11.5 Å². The summed E-state index contributed by atoms with van der Waals surface area (Å²) >= 11 is 3.16.